The summed E-state index contributed by atoms with van der Waals surface area (Å²) in [6.07, 6.45) is 2.00. The lowest BCUT2D eigenvalue weighted by Crippen LogP contribution is -2.36. The standard InChI is InChI=1S/C13H25N3/c1-10(2)11(9-14-3)13(16(4)5)12-7-6-8-15-12/h6-8,10-11,13-15H,9H2,1-5H3. The van der Waals surface area contributed by atoms with Crippen LogP contribution in [0.5, 0.6) is 0 Å². The summed E-state index contributed by atoms with van der Waals surface area (Å²) in [7, 11) is 6.32. The molecule has 0 saturated carbocycles. The van der Waals surface area contributed by atoms with Gasteiger partial charge >= 0.3 is 0 Å². The Morgan fingerprint density at radius 3 is 2.44 bits per heavy atom. The molecule has 2 atom stereocenters. The molecule has 0 fully saturated rings. The number of nitrogens with one attached hydrogen (secondary N) is 2. The van der Waals surface area contributed by atoms with Gasteiger partial charge in [0.2, 0.25) is 0 Å². The molecule has 0 aliphatic rings. The second-order valence-electron chi connectivity index (χ2n) is 5.00. The fourth-order valence-electron chi connectivity index (χ4n) is 2.37. The first-order valence-electron chi connectivity index (χ1n) is 6.02. The summed E-state index contributed by atoms with van der Waals surface area (Å²) in [6.45, 7) is 5.63. The number of nitrogens with zero attached hydrogens (tertiary/aromatic N) is 1. The topological polar surface area (TPSA) is 31.1 Å². The molecule has 0 saturated heterocycles. The minimum absolute atomic E-state index is 0.447. The normalized spacial score (nSPS) is 15.7. The molecule has 3 heteroatoms. The number of aromatic nitrogens is 1. The monoisotopic (exact) mass is 223 g/mol. The van der Waals surface area contributed by atoms with Gasteiger partial charge in [-0.2, -0.15) is 0 Å². The van der Waals surface area contributed by atoms with Gasteiger partial charge in [0, 0.05) is 11.9 Å². The fraction of sp³-hybridized carbons (Fsp3) is 0.692. The van der Waals surface area contributed by atoms with Crippen LogP contribution < -0.4 is 5.32 Å². The summed E-state index contributed by atoms with van der Waals surface area (Å²) in [4.78, 5) is 5.64. The summed E-state index contributed by atoms with van der Waals surface area (Å²) in [5.41, 5.74) is 1.30. The molecular formula is C13H25N3. The van der Waals surface area contributed by atoms with Crippen LogP contribution >= 0.6 is 0 Å². The summed E-state index contributed by atoms with van der Waals surface area (Å²) in [6, 6.07) is 4.70. The van der Waals surface area contributed by atoms with E-state index in [1.54, 1.807) is 0 Å². The highest BCUT2D eigenvalue weighted by Gasteiger charge is 2.27. The molecule has 0 amide bonds. The fourth-order valence-corrected chi connectivity index (χ4v) is 2.37. The largest absolute Gasteiger partial charge is 0.364 e. The Balaban J connectivity index is 2.90. The Morgan fingerprint density at radius 2 is 2.06 bits per heavy atom. The van der Waals surface area contributed by atoms with Gasteiger partial charge in [-0.1, -0.05) is 13.8 Å². The first kappa shape index (κ1) is 13.3. The lowest BCUT2D eigenvalue weighted by Gasteiger charge is -2.34. The molecule has 3 nitrogen and oxygen atoms in total. The van der Waals surface area contributed by atoms with E-state index in [0.717, 1.165) is 6.54 Å². The molecule has 16 heavy (non-hydrogen) atoms. The maximum absolute atomic E-state index is 3.34. The van der Waals surface area contributed by atoms with Crippen molar-refractivity contribution in [2.45, 2.75) is 19.9 Å². The minimum atomic E-state index is 0.447. The van der Waals surface area contributed by atoms with Gasteiger partial charge in [0.15, 0.2) is 0 Å². The number of aromatic amines is 1. The van der Waals surface area contributed by atoms with Gasteiger partial charge in [0.25, 0.3) is 0 Å². The molecule has 0 spiro atoms. The quantitative estimate of drug-likeness (QED) is 0.774. The van der Waals surface area contributed by atoms with Crippen LogP contribution in [0, 0.1) is 11.8 Å². The SMILES string of the molecule is CNCC(C(C)C)C(c1ccc[nH]1)N(C)C. The molecule has 2 N–H and O–H groups in total. The van der Waals surface area contributed by atoms with Crippen molar-refractivity contribution in [2.24, 2.45) is 11.8 Å². The van der Waals surface area contributed by atoms with Crippen LogP contribution in [0.2, 0.25) is 0 Å². The van der Waals surface area contributed by atoms with Crippen LogP contribution in [0.15, 0.2) is 18.3 Å². The van der Waals surface area contributed by atoms with Crippen LogP contribution in [-0.4, -0.2) is 37.6 Å². The highest BCUT2D eigenvalue weighted by molar-refractivity contribution is 5.11. The maximum Gasteiger partial charge on any atom is 0.0536 e. The van der Waals surface area contributed by atoms with Gasteiger partial charge in [-0.25, -0.2) is 0 Å². The summed E-state index contributed by atoms with van der Waals surface area (Å²) < 4.78 is 0. The molecule has 0 aliphatic carbocycles. The number of hydrogen-bond acceptors (Lipinski definition) is 2. The summed E-state index contributed by atoms with van der Waals surface area (Å²) >= 11 is 0. The van der Waals surface area contributed by atoms with Crippen LogP contribution in [0.25, 0.3) is 0 Å². The zero-order valence-corrected chi connectivity index (χ0v) is 11.1. The van der Waals surface area contributed by atoms with Crippen molar-refractivity contribution >= 4 is 0 Å². The molecule has 1 rings (SSSR count). The summed E-state index contributed by atoms with van der Waals surface area (Å²) in [5, 5.41) is 3.31. The van der Waals surface area contributed by atoms with E-state index in [1.165, 1.54) is 5.69 Å². The van der Waals surface area contributed by atoms with Crippen LogP contribution in [-0.2, 0) is 0 Å². The highest BCUT2D eigenvalue weighted by Crippen LogP contribution is 2.30. The first-order chi connectivity index (χ1) is 7.57. The van der Waals surface area contributed by atoms with Crippen molar-refractivity contribution in [3.8, 4) is 0 Å². The average molecular weight is 223 g/mol. The summed E-state index contributed by atoms with van der Waals surface area (Å²) in [5.74, 6) is 1.27. The number of H-pyrrole nitrogens is 1. The van der Waals surface area contributed by atoms with Gasteiger partial charge in [-0.3, -0.25) is 0 Å². The molecule has 0 aliphatic heterocycles. The van der Waals surface area contributed by atoms with Crippen molar-refractivity contribution in [2.75, 3.05) is 27.7 Å². The Kier molecular flexibility index (Phi) is 5.03. The van der Waals surface area contributed by atoms with E-state index >= 15 is 0 Å². The smallest absolute Gasteiger partial charge is 0.0536 e. The van der Waals surface area contributed by atoms with Gasteiger partial charge in [-0.05, 0) is 51.7 Å². The molecule has 0 radical (unpaired) electrons. The van der Waals surface area contributed by atoms with Crippen molar-refractivity contribution in [1.82, 2.24) is 15.2 Å². The van der Waals surface area contributed by atoms with E-state index in [2.05, 4.69) is 55.3 Å². The van der Waals surface area contributed by atoms with Crippen molar-refractivity contribution in [3.05, 3.63) is 24.0 Å². The molecule has 0 aromatic carbocycles. The lowest BCUT2D eigenvalue weighted by molar-refractivity contribution is 0.165. The molecular weight excluding hydrogens is 198 g/mol. The number of rotatable bonds is 6. The van der Waals surface area contributed by atoms with Gasteiger partial charge in [-0.15, -0.1) is 0 Å². The van der Waals surface area contributed by atoms with Crippen LogP contribution in [0.1, 0.15) is 25.6 Å². The van der Waals surface area contributed by atoms with Crippen molar-refractivity contribution < 1.29 is 0 Å². The van der Waals surface area contributed by atoms with Crippen molar-refractivity contribution in [3.63, 3.8) is 0 Å². The third kappa shape index (κ3) is 3.09. The first-order valence-corrected chi connectivity index (χ1v) is 6.02. The maximum atomic E-state index is 3.34. The number of hydrogen-bond donors (Lipinski definition) is 2. The van der Waals surface area contributed by atoms with E-state index in [4.69, 9.17) is 0 Å². The second-order valence-corrected chi connectivity index (χ2v) is 5.00. The van der Waals surface area contributed by atoms with E-state index < -0.39 is 0 Å². The van der Waals surface area contributed by atoms with Gasteiger partial charge in [0.05, 0.1) is 6.04 Å². The zero-order valence-electron chi connectivity index (χ0n) is 11.1. The Bertz CT molecular complexity index is 277. The molecule has 1 heterocycles. The highest BCUT2D eigenvalue weighted by atomic mass is 15.1. The second kappa shape index (κ2) is 6.06. The van der Waals surface area contributed by atoms with Gasteiger partial charge < -0.3 is 15.2 Å². The predicted molar refractivity (Wildman–Crippen MR) is 69.5 cm³/mol. The van der Waals surface area contributed by atoms with Crippen molar-refractivity contribution in [1.29, 1.82) is 0 Å². The molecule has 2 unspecified atom stereocenters. The van der Waals surface area contributed by atoms with E-state index in [-0.39, 0.29) is 0 Å². The van der Waals surface area contributed by atoms with Crippen LogP contribution in [0.3, 0.4) is 0 Å². The van der Waals surface area contributed by atoms with Crippen LogP contribution in [0.4, 0.5) is 0 Å². The Labute approximate surface area is 99.2 Å². The van der Waals surface area contributed by atoms with E-state index in [1.807, 2.05) is 13.2 Å². The Hall–Kier alpha value is -0.800. The minimum Gasteiger partial charge on any atom is -0.364 e. The average Bonchev–Trinajstić information content (AvgIpc) is 2.69. The van der Waals surface area contributed by atoms with E-state index in [0.29, 0.717) is 17.9 Å². The predicted octanol–water partition coefficient (Wildman–Crippen LogP) is 2.11. The lowest BCUT2D eigenvalue weighted by atomic mass is 9.86. The molecule has 0 bridgehead atoms. The Morgan fingerprint density at radius 1 is 1.38 bits per heavy atom. The molecule has 92 valence electrons. The van der Waals surface area contributed by atoms with Gasteiger partial charge in [0.1, 0.15) is 0 Å². The molecule has 1 aromatic rings. The third-order valence-electron chi connectivity index (χ3n) is 3.20. The molecule has 1 aromatic heterocycles. The zero-order chi connectivity index (χ0) is 12.1. The van der Waals surface area contributed by atoms with E-state index in [9.17, 15) is 0 Å². The third-order valence-corrected chi connectivity index (χ3v) is 3.20.